The number of benzene rings is 1. The molecule has 0 atom stereocenters. The first-order valence-electron chi connectivity index (χ1n) is 10.4. The van der Waals surface area contributed by atoms with Gasteiger partial charge in [0.15, 0.2) is 0 Å². The summed E-state index contributed by atoms with van der Waals surface area (Å²) in [6.45, 7) is 6.78. The molecule has 2 saturated heterocycles. The smallest absolute Gasteiger partial charge is 0.312 e. The number of nitrogens with zero attached hydrogens (tertiary/aromatic N) is 5. The molecule has 30 heavy (non-hydrogen) atoms. The molecule has 2 aliphatic heterocycles. The van der Waals surface area contributed by atoms with Gasteiger partial charge in [-0.2, -0.15) is 5.10 Å². The van der Waals surface area contributed by atoms with Gasteiger partial charge in [0.25, 0.3) is 5.91 Å². The van der Waals surface area contributed by atoms with Crippen molar-refractivity contribution in [3.63, 3.8) is 0 Å². The monoisotopic (exact) mass is 409 g/mol. The third-order valence-corrected chi connectivity index (χ3v) is 5.92. The molecule has 2 aromatic rings. The third-order valence-electron chi connectivity index (χ3n) is 5.92. The molecule has 8 nitrogen and oxygen atoms in total. The summed E-state index contributed by atoms with van der Waals surface area (Å²) in [7, 11) is 0. The van der Waals surface area contributed by atoms with E-state index in [0.29, 0.717) is 44.8 Å². The molecule has 8 heteroatoms. The lowest BCUT2D eigenvalue weighted by Gasteiger charge is -2.35. The lowest BCUT2D eigenvalue weighted by atomic mass is 10.2. The topological polar surface area (TPSA) is 78.8 Å². The highest BCUT2D eigenvalue weighted by atomic mass is 16.2. The maximum Gasteiger partial charge on any atom is 0.312 e. The number of piperazine rings is 1. The Morgan fingerprint density at radius 2 is 1.43 bits per heavy atom. The fourth-order valence-corrected chi connectivity index (χ4v) is 4.11. The van der Waals surface area contributed by atoms with Crippen LogP contribution in [0.1, 0.15) is 34.5 Å². The molecule has 4 rings (SSSR count). The predicted octanol–water partition coefficient (Wildman–Crippen LogP) is 1.40. The van der Waals surface area contributed by atoms with E-state index in [1.54, 1.807) is 25.6 Å². The van der Waals surface area contributed by atoms with Gasteiger partial charge in [-0.3, -0.25) is 14.4 Å². The Hall–Kier alpha value is -3.16. The van der Waals surface area contributed by atoms with Crippen molar-refractivity contribution >= 4 is 17.7 Å². The Balaban J connectivity index is 1.40. The van der Waals surface area contributed by atoms with Crippen LogP contribution in [0.15, 0.2) is 30.5 Å². The summed E-state index contributed by atoms with van der Waals surface area (Å²) >= 11 is 0. The minimum absolute atomic E-state index is 0.0932. The molecule has 0 spiro atoms. The van der Waals surface area contributed by atoms with Crippen molar-refractivity contribution in [1.82, 2.24) is 24.5 Å². The molecule has 158 valence electrons. The number of hydrogen-bond donors (Lipinski definition) is 0. The van der Waals surface area contributed by atoms with Crippen molar-refractivity contribution in [2.45, 2.75) is 26.7 Å². The van der Waals surface area contributed by atoms with Gasteiger partial charge in [0.05, 0.1) is 23.1 Å². The van der Waals surface area contributed by atoms with Crippen molar-refractivity contribution < 1.29 is 14.4 Å². The van der Waals surface area contributed by atoms with Gasteiger partial charge in [-0.1, -0.05) is 12.1 Å². The van der Waals surface area contributed by atoms with Crippen LogP contribution >= 0.6 is 0 Å². The first kappa shape index (κ1) is 20.1. The highest BCUT2D eigenvalue weighted by Gasteiger charge is 2.32. The Bertz CT molecular complexity index is 969. The van der Waals surface area contributed by atoms with Crippen molar-refractivity contribution in [2.75, 3.05) is 39.3 Å². The van der Waals surface area contributed by atoms with E-state index in [1.165, 1.54) is 0 Å². The second kappa shape index (κ2) is 8.30. The van der Waals surface area contributed by atoms with Crippen molar-refractivity contribution in [3.05, 3.63) is 47.3 Å². The van der Waals surface area contributed by atoms with Crippen molar-refractivity contribution in [2.24, 2.45) is 0 Å². The summed E-state index contributed by atoms with van der Waals surface area (Å²) < 4.78 is 1.77. The van der Waals surface area contributed by atoms with E-state index in [-0.39, 0.29) is 5.91 Å². The zero-order chi connectivity index (χ0) is 21.3. The minimum atomic E-state index is -0.451. The number of likely N-dealkylation sites (tertiary alicyclic amines) is 1. The maximum atomic E-state index is 13.0. The Kier molecular flexibility index (Phi) is 5.57. The quantitative estimate of drug-likeness (QED) is 0.703. The predicted molar refractivity (Wildman–Crippen MR) is 111 cm³/mol. The SMILES string of the molecule is Cc1cccc(-n2ncc(C(=O)N3CCN(C(=O)C(=O)N4CCCC4)CC3)c2C)c1. The van der Waals surface area contributed by atoms with E-state index < -0.39 is 11.8 Å². The number of aryl methyl sites for hydroxylation is 1. The number of carbonyl (C=O) groups excluding carboxylic acids is 3. The Morgan fingerprint density at radius 1 is 0.833 bits per heavy atom. The molecule has 0 radical (unpaired) electrons. The fraction of sp³-hybridized carbons (Fsp3) is 0.455. The number of amides is 3. The second-order valence-corrected chi connectivity index (χ2v) is 7.98. The van der Waals surface area contributed by atoms with Gasteiger partial charge in [-0.05, 0) is 44.4 Å². The highest BCUT2D eigenvalue weighted by molar-refractivity contribution is 6.35. The molecular formula is C22H27N5O3. The van der Waals surface area contributed by atoms with Gasteiger partial charge in [0.2, 0.25) is 0 Å². The second-order valence-electron chi connectivity index (χ2n) is 7.98. The molecule has 0 saturated carbocycles. The molecule has 2 aliphatic rings. The maximum absolute atomic E-state index is 13.0. The lowest BCUT2D eigenvalue weighted by molar-refractivity contribution is -0.152. The van der Waals surface area contributed by atoms with Gasteiger partial charge in [0, 0.05) is 39.3 Å². The van der Waals surface area contributed by atoms with Gasteiger partial charge in [-0.25, -0.2) is 4.68 Å². The first-order chi connectivity index (χ1) is 14.5. The normalized spacial score (nSPS) is 16.8. The van der Waals surface area contributed by atoms with E-state index in [9.17, 15) is 14.4 Å². The van der Waals surface area contributed by atoms with Crippen molar-refractivity contribution in [3.8, 4) is 5.69 Å². The van der Waals surface area contributed by atoms with E-state index in [1.807, 2.05) is 38.1 Å². The largest absolute Gasteiger partial charge is 0.335 e. The average Bonchev–Trinajstić information content (AvgIpc) is 3.42. The summed E-state index contributed by atoms with van der Waals surface area (Å²) in [6.07, 6.45) is 3.52. The van der Waals surface area contributed by atoms with Crippen LogP contribution in [0.25, 0.3) is 5.69 Å². The molecule has 1 aromatic heterocycles. The van der Waals surface area contributed by atoms with Crippen LogP contribution in [0.2, 0.25) is 0 Å². The number of hydrogen-bond acceptors (Lipinski definition) is 4. The molecule has 3 heterocycles. The van der Waals surface area contributed by atoms with Gasteiger partial charge in [0.1, 0.15) is 0 Å². The summed E-state index contributed by atoms with van der Waals surface area (Å²) in [5, 5.41) is 4.41. The van der Waals surface area contributed by atoms with E-state index >= 15 is 0 Å². The number of rotatable bonds is 2. The van der Waals surface area contributed by atoms with Crippen LogP contribution in [-0.4, -0.2) is 81.5 Å². The highest BCUT2D eigenvalue weighted by Crippen LogP contribution is 2.18. The molecular weight excluding hydrogens is 382 g/mol. The van der Waals surface area contributed by atoms with Crippen LogP contribution < -0.4 is 0 Å². The molecule has 0 N–H and O–H groups in total. The van der Waals surface area contributed by atoms with Gasteiger partial charge < -0.3 is 14.7 Å². The van der Waals surface area contributed by atoms with Crippen molar-refractivity contribution in [1.29, 1.82) is 0 Å². The fourth-order valence-electron chi connectivity index (χ4n) is 4.11. The van der Waals surface area contributed by atoms with Crippen LogP contribution in [-0.2, 0) is 9.59 Å². The van der Waals surface area contributed by atoms with Gasteiger partial charge >= 0.3 is 11.8 Å². The van der Waals surface area contributed by atoms with Crippen LogP contribution in [0.4, 0.5) is 0 Å². The van der Waals surface area contributed by atoms with Gasteiger partial charge in [-0.15, -0.1) is 0 Å². The van der Waals surface area contributed by atoms with Crippen LogP contribution in [0.5, 0.6) is 0 Å². The number of carbonyl (C=O) groups is 3. The van der Waals surface area contributed by atoms with E-state index in [0.717, 1.165) is 29.8 Å². The summed E-state index contributed by atoms with van der Waals surface area (Å²) in [5.41, 5.74) is 3.39. The summed E-state index contributed by atoms with van der Waals surface area (Å²) in [5.74, 6) is -0.959. The Labute approximate surface area is 176 Å². The molecule has 0 unspecified atom stereocenters. The zero-order valence-electron chi connectivity index (χ0n) is 17.5. The molecule has 1 aromatic carbocycles. The summed E-state index contributed by atoms with van der Waals surface area (Å²) in [4.78, 5) is 42.8. The third kappa shape index (κ3) is 3.81. The molecule has 3 amide bonds. The first-order valence-corrected chi connectivity index (χ1v) is 10.4. The minimum Gasteiger partial charge on any atom is -0.335 e. The average molecular weight is 409 g/mol. The van der Waals surface area contributed by atoms with E-state index in [2.05, 4.69) is 5.10 Å². The standard InChI is InChI=1S/C22H27N5O3/c1-16-6-5-7-18(14-16)27-17(2)19(15-23-27)20(28)25-10-12-26(13-11-25)22(30)21(29)24-8-3-4-9-24/h5-7,14-15H,3-4,8-13H2,1-2H3. The van der Waals surface area contributed by atoms with E-state index in [4.69, 9.17) is 0 Å². The number of aromatic nitrogens is 2. The van der Waals surface area contributed by atoms with Crippen LogP contribution in [0, 0.1) is 13.8 Å². The van der Waals surface area contributed by atoms with Crippen LogP contribution in [0.3, 0.4) is 0 Å². The molecule has 2 fully saturated rings. The lowest BCUT2D eigenvalue weighted by Crippen LogP contribution is -2.54. The zero-order valence-corrected chi connectivity index (χ0v) is 17.5. The molecule has 0 aliphatic carbocycles. The molecule has 0 bridgehead atoms. The summed E-state index contributed by atoms with van der Waals surface area (Å²) in [6, 6.07) is 7.97. The Morgan fingerprint density at radius 3 is 2.07 bits per heavy atom.